The number of carbonyl (C=O) groups excluding carboxylic acids is 2. The molecule has 9 heteroatoms. The minimum absolute atomic E-state index is 0.236. The van der Waals surface area contributed by atoms with Crippen molar-refractivity contribution < 1.29 is 14.0 Å². The molecule has 0 aliphatic rings. The van der Waals surface area contributed by atoms with Gasteiger partial charge in [-0.3, -0.25) is 9.59 Å². The molecule has 0 aliphatic heterocycles. The zero-order valence-corrected chi connectivity index (χ0v) is 16.5. The number of pyridine rings is 1. The second kappa shape index (κ2) is 8.27. The number of thiophene rings is 1. The first-order valence-corrected chi connectivity index (χ1v) is 10.1. The normalized spacial score (nSPS) is 10.9. The van der Waals surface area contributed by atoms with Gasteiger partial charge in [-0.1, -0.05) is 6.07 Å². The Morgan fingerprint density at radius 3 is 2.69 bits per heavy atom. The van der Waals surface area contributed by atoms with Crippen LogP contribution in [0.2, 0.25) is 0 Å². The predicted octanol–water partition coefficient (Wildman–Crippen LogP) is 2.93. The fraction of sp³-hybridized carbons (Fsp3) is 0.200. The lowest BCUT2D eigenvalue weighted by Gasteiger charge is -2.09. The first-order chi connectivity index (χ1) is 14.2. The van der Waals surface area contributed by atoms with E-state index in [1.165, 1.54) is 6.26 Å². The number of hydrogen-bond donors (Lipinski definition) is 2. The standard InChI is InChI=1S/C20H19N5O3S/c1-2-25-18-14(12-23-25)13(11-15(24-18)17-6-4-10-29-17)19(26)21-7-8-22-20(27)16-5-3-9-28-16/h3-6,9-12H,2,7-8H2,1H3,(H,21,26)(H,22,27). The lowest BCUT2D eigenvalue weighted by molar-refractivity contribution is 0.0911. The third kappa shape index (κ3) is 3.90. The quantitative estimate of drug-likeness (QED) is 0.457. The SMILES string of the molecule is CCn1ncc2c(C(=O)NCCNC(=O)c3ccco3)cc(-c3cccs3)nc21. The van der Waals surface area contributed by atoms with Gasteiger partial charge >= 0.3 is 0 Å². The molecular formula is C20H19N5O3S. The van der Waals surface area contributed by atoms with Crippen molar-refractivity contribution in [1.29, 1.82) is 0 Å². The molecule has 148 valence electrons. The van der Waals surface area contributed by atoms with Gasteiger partial charge in [0.2, 0.25) is 0 Å². The minimum atomic E-state index is -0.320. The lowest BCUT2D eigenvalue weighted by atomic mass is 10.1. The molecule has 0 saturated carbocycles. The van der Waals surface area contributed by atoms with Crippen LogP contribution in [0.4, 0.5) is 0 Å². The molecule has 0 bridgehead atoms. The van der Waals surface area contributed by atoms with Gasteiger partial charge in [0.05, 0.1) is 34.0 Å². The number of fused-ring (bicyclic) bond motifs is 1. The molecule has 2 amide bonds. The Morgan fingerprint density at radius 2 is 2.00 bits per heavy atom. The topological polar surface area (TPSA) is 102 Å². The van der Waals surface area contributed by atoms with Crippen LogP contribution in [-0.4, -0.2) is 39.7 Å². The Morgan fingerprint density at radius 1 is 1.17 bits per heavy atom. The summed E-state index contributed by atoms with van der Waals surface area (Å²) >= 11 is 1.56. The molecule has 0 atom stereocenters. The summed E-state index contributed by atoms with van der Waals surface area (Å²) in [5.41, 5.74) is 1.92. The Labute approximate surface area is 170 Å². The van der Waals surface area contributed by atoms with E-state index in [9.17, 15) is 9.59 Å². The van der Waals surface area contributed by atoms with Crippen molar-refractivity contribution in [3.63, 3.8) is 0 Å². The van der Waals surface area contributed by atoms with Gasteiger partial charge < -0.3 is 15.1 Å². The molecule has 4 aromatic heterocycles. The van der Waals surface area contributed by atoms with Crippen LogP contribution in [0.25, 0.3) is 21.6 Å². The van der Waals surface area contributed by atoms with Gasteiger partial charge in [-0.25, -0.2) is 9.67 Å². The van der Waals surface area contributed by atoms with E-state index in [2.05, 4.69) is 15.7 Å². The smallest absolute Gasteiger partial charge is 0.287 e. The fourth-order valence-corrected chi connectivity index (χ4v) is 3.65. The summed E-state index contributed by atoms with van der Waals surface area (Å²) in [6.45, 7) is 3.20. The van der Waals surface area contributed by atoms with Gasteiger partial charge in [-0.05, 0) is 36.6 Å². The van der Waals surface area contributed by atoms with Gasteiger partial charge in [0.25, 0.3) is 11.8 Å². The number of nitrogens with one attached hydrogen (secondary N) is 2. The maximum absolute atomic E-state index is 12.8. The van der Waals surface area contributed by atoms with Crippen molar-refractivity contribution in [1.82, 2.24) is 25.4 Å². The molecule has 29 heavy (non-hydrogen) atoms. The van der Waals surface area contributed by atoms with Gasteiger partial charge in [-0.15, -0.1) is 11.3 Å². The number of hydrogen-bond acceptors (Lipinski definition) is 6. The van der Waals surface area contributed by atoms with Crippen LogP contribution in [0.15, 0.2) is 52.6 Å². The fourth-order valence-electron chi connectivity index (χ4n) is 2.96. The van der Waals surface area contributed by atoms with Crippen molar-refractivity contribution >= 4 is 34.2 Å². The highest BCUT2D eigenvalue weighted by Crippen LogP contribution is 2.27. The van der Waals surface area contributed by atoms with E-state index in [1.54, 1.807) is 40.4 Å². The van der Waals surface area contributed by atoms with Crippen molar-refractivity contribution in [3.05, 3.63) is 59.5 Å². The van der Waals surface area contributed by atoms with E-state index >= 15 is 0 Å². The molecule has 4 rings (SSSR count). The number of furan rings is 1. The Kier molecular flexibility index (Phi) is 5.39. The predicted molar refractivity (Wildman–Crippen MR) is 110 cm³/mol. The van der Waals surface area contributed by atoms with Gasteiger partial charge in [0, 0.05) is 19.6 Å². The van der Waals surface area contributed by atoms with Crippen LogP contribution in [0.3, 0.4) is 0 Å². The molecule has 0 aromatic carbocycles. The number of nitrogens with zero attached hydrogens (tertiary/aromatic N) is 3. The zero-order valence-electron chi connectivity index (χ0n) is 15.7. The second-order valence-corrected chi connectivity index (χ2v) is 7.17. The Balaban J connectivity index is 1.50. The highest BCUT2D eigenvalue weighted by Gasteiger charge is 2.17. The van der Waals surface area contributed by atoms with Crippen molar-refractivity contribution in [3.8, 4) is 10.6 Å². The molecule has 2 N–H and O–H groups in total. The van der Waals surface area contributed by atoms with E-state index in [1.807, 2.05) is 24.4 Å². The van der Waals surface area contributed by atoms with Crippen LogP contribution < -0.4 is 10.6 Å². The van der Waals surface area contributed by atoms with Gasteiger partial charge in [-0.2, -0.15) is 5.10 Å². The summed E-state index contributed by atoms with van der Waals surface area (Å²) in [6, 6.07) is 8.93. The molecule has 0 spiro atoms. The maximum atomic E-state index is 12.8. The average Bonchev–Trinajstić information content (AvgIpc) is 3.50. The zero-order chi connectivity index (χ0) is 20.2. The Bertz CT molecular complexity index is 1130. The first-order valence-electron chi connectivity index (χ1n) is 9.17. The van der Waals surface area contributed by atoms with Gasteiger partial charge in [0.1, 0.15) is 0 Å². The molecule has 8 nitrogen and oxygen atoms in total. The highest BCUT2D eigenvalue weighted by molar-refractivity contribution is 7.13. The van der Waals surface area contributed by atoms with Gasteiger partial charge in [0.15, 0.2) is 11.4 Å². The minimum Gasteiger partial charge on any atom is -0.459 e. The van der Waals surface area contributed by atoms with E-state index in [4.69, 9.17) is 9.40 Å². The van der Waals surface area contributed by atoms with Crippen molar-refractivity contribution in [2.45, 2.75) is 13.5 Å². The summed E-state index contributed by atoms with van der Waals surface area (Å²) in [7, 11) is 0. The van der Waals surface area contributed by atoms with Crippen molar-refractivity contribution in [2.75, 3.05) is 13.1 Å². The summed E-state index contributed by atoms with van der Waals surface area (Å²) < 4.78 is 6.81. The molecule has 0 radical (unpaired) electrons. The molecule has 0 fully saturated rings. The third-order valence-electron chi connectivity index (χ3n) is 4.37. The monoisotopic (exact) mass is 409 g/mol. The number of rotatable bonds is 7. The summed E-state index contributed by atoms with van der Waals surface area (Å²) in [6.07, 6.45) is 3.10. The van der Waals surface area contributed by atoms with E-state index in [-0.39, 0.29) is 30.7 Å². The van der Waals surface area contributed by atoms with Crippen LogP contribution in [0.5, 0.6) is 0 Å². The van der Waals surface area contributed by atoms with Crippen LogP contribution in [0, 0.1) is 0 Å². The molecule has 4 heterocycles. The number of carbonyl (C=O) groups is 2. The number of amides is 2. The van der Waals surface area contributed by atoms with E-state index in [0.29, 0.717) is 23.1 Å². The maximum Gasteiger partial charge on any atom is 0.287 e. The molecule has 0 unspecified atom stereocenters. The molecule has 4 aromatic rings. The van der Waals surface area contributed by atoms with Crippen LogP contribution in [-0.2, 0) is 6.54 Å². The Hall–Kier alpha value is -3.46. The third-order valence-corrected chi connectivity index (χ3v) is 5.26. The summed E-state index contributed by atoms with van der Waals surface area (Å²) in [5, 5.41) is 12.6. The average molecular weight is 409 g/mol. The molecule has 0 saturated heterocycles. The summed E-state index contributed by atoms with van der Waals surface area (Å²) in [5.74, 6) is -0.322. The molecule has 0 aliphatic carbocycles. The van der Waals surface area contributed by atoms with Crippen LogP contribution in [0.1, 0.15) is 27.8 Å². The largest absolute Gasteiger partial charge is 0.459 e. The summed E-state index contributed by atoms with van der Waals surface area (Å²) in [4.78, 5) is 30.4. The second-order valence-electron chi connectivity index (χ2n) is 6.22. The van der Waals surface area contributed by atoms with E-state index in [0.717, 1.165) is 10.6 Å². The molecular weight excluding hydrogens is 390 g/mol. The number of aromatic nitrogens is 3. The lowest BCUT2D eigenvalue weighted by Crippen LogP contribution is -2.34. The first kappa shape index (κ1) is 18.9. The highest BCUT2D eigenvalue weighted by atomic mass is 32.1. The van der Waals surface area contributed by atoms with Crippen LogP contribution >= 0.6 is 11.3 Å². The van der Waals surface area contributed by atoms with Crippen molar-refractivity contribution in [2.24, 2.45) is 0 Å². The number of aryl methyl sites for hydroxylation is 1. The van der Waals surface area contributed by atoms with E-state index < -0.39 is 0 Å².